The molecule has 28 heavy (non-hydrogen) atoms. The van der Waals surface area contributed by atoms with Crippen molar-refractivity contribution < 1.29 is 24.2 Å². The first-order valence-corrected chi connectivity index (χ1v) is 9.03. The monoisotopic (exact) mass is 382 g/mol. The van der Waals surface area contributed by atoms with Crippen molar-refractivity contribution in [3.8, 4) is 5.75 Å². The second kappa shape index (κ2) is 8.56. The number of likely N-dealkylation sites (N-methyl/N-ethyl adjacent to an activating group) is 1. The second-order valence-electron chi connectivity index (χ2n) is 6.69. The molecule has 1 aliphatic heterocycles. The molecule has 0 aromatic heterocycles. The van der Waals surface area contributed by atoms with Crippen LogP contribution in [0.2, 0.25) is 0 Å². The Morgan fingerprint density at radius 2 is 1.93 bits per heavy atom. The molecule has 0 bridgehead atoms. The normalized spacial score (nSPS) is 13.5. The van der Waals surface area contributed by atoms with Crippen LogP contribution in [0.1, 0.15) is 28.8 Å². The minimum absolute atomic E-state index is 0.0990. The number of carboxylic acid groups (broad SMARTS) is 1. The van der Waals surface area contributed by atoms with Gasteiger partial charge in [-0.05, 0) is 36.2 Å². The van der Waals surface area contributed by atoms with Crippen molar-refractivity contribution >= 4 is 23.5 Å². The fourth-order valence-electron chi connectivity index (χ4n) is 3.03. The van der Waals surface area contributed by atoms with Gasteiger partial charge in [-0.3, -0.25) is 9.59 Å². The maximum absolute atomic E-state index is 12.3. The van der Waals surface area contributed by atoms with Crippen LogP contribution in [0.5, 0.6) is 5.75 Å². The Balaban J connectivity index is 1.54. The number of hydrogen-bond acceptors (Lipinski definition) is 4. The Morgan fingerprint density at radius 3 is 2.57 bits per heavy atom. The lowest BCUT2D eigenvalue weighted by atomic mass is 10.1. The number of aromatic carboxylic acids is 1. The molecule has 3 rings (SSSR count). The summed E-state index contributed by atoms with van der Waals surface area (Å²) in [5.41, 5.74) is 1.81. The molecule has 1 saturated heterocycles. The summed E-state index contributed by atoms with van der Waals surface area (Å²) in [4.78, 5) is 38.3. The number of anilines is 1. The van der Waals surface area contributed by atoms with E-state index in [1.54, 1.807) is 42.3 Å². The molecular weight excluding hydrogens is 360 g/mol. The van der Waals surface area contributed by atoms with E-state index in [2.05, 4.69) is 0 Å². The van der Waals surface area contributed by atoms with Crippen LogP contribution in [0.15, 0.2) is 48.5 Å². The summed E-state index contributed by atoms with van der Waals surface area (Å²) in [7, 11) is 1.66. The Bertz CT molecular complexity index is 879. The van der Waals surface area contributed by atoms with Gasteiger partial charge in [0.15, 0.2) is 6.61 Å². The highest BCUT2D eigenvalue weighted by atomic mass is 16.5. The Kier molecular flexibility index (Phi) is 5.93. The van der Waals surface area contributed by atoms with Gasteiger partial charge in [0.2, 0.25) is 5.91 Å². The molecule has 2 amide bonds. The van der Waals surface area contributed by atoms with E-state index in [9.17, 15) is 14.4 Å². The first-order chi connectivity index (χ1) is 13.4. The lowest BCUT2D eigenvalue weighted by Gasteiger charge is -2.19. The molecule has 1 N–H and O–H groups in total. The molecule has 0 spiro atoms. The van der Waals surface area contributed by atoms with E-state index in [1.807, 2.05) is 6.07 Å². The highest BCUT2D eigenvalue weighted by Gasteiger charge is 2.22. The molecule has 0 unspecified atom stereocenters. The van der Waals surface area contributed by atoms with Gasteiger partial charge in [-0.15, -0.1) is 0 Å². The first kappa shape index (κ1) is 19.4. The van der Waals surface area contributed by atoms with E-state index in [4.69, 9.17) is 9.84 Å². The largest absolute Gasteiger partial charge is 0.484 e. The molecule has 7 heteroatoms. The predicted molar refractivity (Wildman–Crippen MR) is 103 cm³/mol. The summed E-state index contributed by atoms with van der Waals surface area (Å²) in [5, 5.41) is 8.92. The van der Waals surface area contributed by atoms with Crippen LogP contribution in [0.25, 0.3) is 0 Å². The Labute approximate surface area is 163 Å². The van der Waals surface area contributed by atoms with Crippen LogP contribution in [-0.4, -0.2) is 48.0 Å². The van der Waals surface area contributed by atoms with Crippen molar-refractivity contribution in [2.75, 3.05) is 25.1 Å². The number of amides is 2. The van der Waals surface area contributed by atoms with E-state index < -0.39 is 5.97 Å². The van der Waals surface area contributed by atoms with Crippen molar-refractivity contribution in [3.63, 3.8) is 0 Å². The van der Waals surface area contributed by atoms with Gasteiger partial charge in [0.25, 0.3) is 5.91 Å². The van der Waals surface area contributed by atoms with Gasteiger partial charge in [-0.1, -0.05) is 18.2 Å². The molecule has 2 aromatic rings. The van der Waals surface area contributed by atoms with Crippen molar-refractivity contribution in [1.29, 1.82) is 0 Å². The van der Waals surface area contributed by atoms with E-state index in [-0.39, 0.29) is 24.0 Å². The SMILES string of the molecule is CN(Cc1ccc(C(=O)O)cc1)C(=O)COc1cccc(N2CCCC2=O)c1. The van der Waals surface area contributed by atoms with Gasteiger partial charge >= 0.3 is 5.97 Å². The second-order valence-corrected chi connectivity index (χ2v) is 6.69. The molecule has 1 heterocycles. The average Bonchev–Trinajstić information content (AvgIpc) is 3.12. The highest BCUT2D eigenvalue weighted by Crippen LogP contribution is 2.25. The van der Waals surface area contributed by atoms with E-state index >= 15 is 0 Å². The predicted octanol–water partition coefficient (Wildman–Crippen LogP) is 2.55. The van der Waals surface area contributed by atoms with Gasteiger partial charge in [0.05, 0.1) is 5.56 Å². The molecule has 1 aliphatic rings. The maximum Gasteiger partial charge on any atom is 0.335 e. The zero-order chi connectivity index (χ0) is 20.1. The van der Waals surface area contributed by atoms with Crippen LogP contribution >= 0.6 is 0 Å². The maximum atomic E-state index is 12.3. The quantitative estimate of drug-likeness (QED) is 0.795. The van der Waals surface area contributed by atoms with Gasteiger partial charge in [-0.2, -0.15) is 0 Å². The Hall–Kier alpha value is -3.35. The minimum atomic E-state index is -0.984. The standard InChI is InChI=1S/C21H22N2O5/c1-22(13-15-7-9-16(10-8-15)21(26)27)20(25)14-28-18-5-2-4-17(12-18)23-11-3-6-19(23)24/h2,4-5,7-10,12H,3,6,11,13-14H2,1H3,(H,26,27). The number of ether oxygens (including phenoxy) is 1. The smallest absolute Gasteiger partial charge is 0.335 e. The van der Waals surface area contributed by atoms with Crippen LogP contribution in [0.3, 0.4) is 0 Å². The molecule has 0 radical (unpaired) electrons. The third-order valence-electron chi connectivity index (χ3n) is 4.61. The zero-order valence-electron chi connectivity index (χ0n) is 15.6. The van der Waals surface area contributed by atoms with Gasteiger partial charge in [0, 0.05) is 38.3 Å². The van der Waals surface area contributed by atoms with Crippen LogP contribution in [0, 0.1) is 0 Å². The van der Waals surface area contributed by atoms with Crippen LogP contribution in [0.4, 0.5) is 5.69 Å². The van der Waals surface area contributed by atoms with Crippen LogP contribution in [-0.2, 0) is 16.1 Å². The molecule has 0 saturated carbocycles. The summed E-state index contributed by atoms with van der Waals surface area (Å²) in [5.74, 6) is -0.557. The molecule has 0 atom stereocenters. The molecule has 1 fully saturated rings. The lowest BCUT2D eigenvalue weighted by Crippen LogP contribution is -2.31. The fourth-order valence-corrected chi connectivity index (χ4v) is 3.03. The van der Waals surface area contributed by atoms with Crippen LogP contribution < -0.4 is 9.64 Å². The van der Waals surface area contributed by atoms with Gasteiger partial charge < -0.3 is 19.6 Å². The number of benzene rings is 2. The Morgan fingerprint density at radius 1 is 1.18 bits per heavy atom. The van der Waals surface area contributed by atoms with E-state index in [0.29, 0.717) is 25.3 Å². The summed E-state index contributed by atoms with van der Waals surface area (Å²) < 4.78 is 5.61. The van der Waals surface area contributed by atoms with Crippen molar-refractivity contribution in [2.45, 2.75) is 19.4 Å². The molecule has 7 nitrogen and oxygen atoms in total. The van der Waals surface area contributed by atoms with E-state index in [1.165, 1.54) is 17.0 Å². The summed E-state index contributed by atoms with van der Waals surface area (Å²) >= 11 is 0. The molecule has 146 valence electrons. The number of hydrogen-bond donors (Lipinski definition) is 1. The molecule has 0 aliphatic carbocycles. The molecule has 2 aromatic carbocycles. The fraction of sp³-hybridized carbons (Fsp3) is 0.286. The van der Waals surface area contributed by atoms with Gasteiger partial charge in [-0.25, -0.2) is 4.79 Å². The summed E-state index contributed by atoms with van der Waals surface area (Å²) in [6.07, 6.45) is 1.41. The highest BCUT2D eigenvalue weighted by molar-refractivity contribution is 5.95. The van der Waals surface area contributed by atoms with Crippen molar-refractivity contribution in [1.82, 2.24) is 4.90 Å². The number of carbonyl (C=O) groups is 3. The van der Waals surface area contributed by atoms with Crippen molar-refractivity contribution in [3.05, 3.63) is 59.7 Å². The first-order valence-electron chi connectivity index (χ1n) is 9.03. The zero-order valence-corrected chi connectivity index (χ0v) is 15.6. The third-order valence-corrected chi connectivity index (χ3v) is 4.61. The number of carbonyl (C=O) groups excluding carboxylic acids is 2. The number of nitrogens with zero attached hydrogens (tertiary/aromatic N) is 2. The van der Waals surface area contributed by atoms with E-state index in [0.717, 1.165) is 17.7 Å². The number of rotatable bonds is 7. The summed E-state index contributed by atoms with van der Waals surface area (Å²) in [6.45, 7) is 0.927. The lowest BCUT2D eigenvalue weighted by molar-refractivity contribution is -0.132. The molecular formula is C21H22N2O5. The third kappa shape index (κ3) is 4.68. The number of carboxylic acids is 1. The topological polar surface area (TPSA) is 87.2 Å². The minimum Gasteiger partial charge on any atom is -0.484 e. The average molecular weight is 382 g/mol. The van der Waals surface area contributed by atoms with Gasteiger partial charge in [0.1, 0.15) is 5.75 Å². The summed E-state index contributed by atoms with van der Waals surface area (Å²) in [6, 6.07) is 13.6. The van der Waals surface area contributed by atoms with Crippen molar-refractivity contribution in [2.24, 2.45) is 0 Å².